The van der Waals surface area contributed by atoms with Crippen LogP contribution in [-0.4, -0.2) is 27.5 Å². The summed E-state index contributed by atoms with van der Waals surface area (Å²) < 4.78 is 6.37. The molecule has 0 aliphatic rings. The number of hydrogen-bond acceptors (Lipinski definition) is 8. The predicted molar refractivity (Wildman–Crippen MR) is 97.0 cm³/mol. The number of hydrogen-bond donors (Lipinski definition) is 2. The van der Waals surface area contributed by atoms with E-state index in [-0.39, 0.29) is 0 Å². The lowest BCUT2D eigenvalue weighted by Gasteiger charge is -2.03. The number of oxazole rings is 1. The maximum absolute atomic E-state index is 11.8. The number of thiazole rings is 1. The van der Waals surface area contributed by atoms with E-state index in [1.165, 1.54) is 11.3 Å². The van der Waals surface area contributed by atoms with E-state index in [0.717, 1.165) is 15.7 Å². The molecule has 2 aromatic rings. The Hall–Kier alpha value is -2.20. The number of rotatable bonds is 5. The quantitative estimate of drug-likeness (QED) is 0.363. The summed E-state index contributed by atoms with van der Waals surface area (Å²) in [6.07, 6.45) is 3.39. The molecular weight excluding hydrogens is 348 g/mol. The fraction of sp³-hybridized carbons (Fsp3) is 0.357. The molecule has 2 N–H and O–H groups in total. The van der Waals surface area contributed by atoms with Crippen LogP contribution in [0.15, 0.2) is 31.2 Å². The highest BCUT2D eigenvalue weighted by Gasteiger charge is 2.09. The molecule has 2 heterocycles. The second-order valence-electron chi connectivity index (χ2n) is 4.95. The highest BCUT2D eigenvalue weighted by Crippen LogP contribution is 2.30. The molecular formula is C14H18N6O2S2. The number of urea groups is 1. The largest absolute Gasteiger partial charge is 0.445 e. The van der Waals surface area contributed by atoms with Crippen LogP contribution in [0.2, 0.25) is 0 Å². The van der Waals surface area contributed by atoms with Crippen molar-refractivity contribution >= 4 is 45.8 Å². The fourth-order valence-electron chi connectivity index (χ4n) is 1.48. The summed E-state index contributed by atoms with van der Waals surface area (Å²) in [5.41, 5.74) is 0.805. The van der Waals surface area contributed by atoms with Crippen LogP contribution in [0.25, 0.3) is 0 Å². The second-order valence-corrected chi connectivity index (χ2v) is 7.26. The van der Waals surface area contributed by atoms with Gasteiger partial charge in [0.1, 0.15) is 11.6 Å². The van der Waals surface area contributed by atoms with Gasteiger partial charge in [0.05, 0.1) is 22.4 Å². The number of thioether (sulfide) groups is 1. The maximum atomic E-state index is 11.8. The Balaban J connectivity index is 1.83. The normalized spacial score (nSPS) is 11.2. The first-order valence-electron chi connectivity index (χ1n) is 7.06. The number of aromatic nitrogens is 2. The first-order chi connectivity index (χ1) is 11.4. The van der Waals surface area contributed by atoms with Crippen molar-refractivity contribution < 1.29 is 9.21 Å². The third-order valence-electron chi connectivity index (χ3n) is 2.41. The molecule has 0 atom stereocenters. The number of amides is 2. The molecule has 0 fully saturated rings. The number of nitrogens with one attached hydrogen (secondary N) is 2. The molecule has 0 radical (unpaired) electrons. The molecule has 8 nitrogen and oxygen atoms in total. The average Bonchev–Trinajstić information content (AvgIpc) is 3.12. The van der Waals surface area contributed by atoms with E-state index < -0.39 is 6.03 Å². The predicted octanol–water partition coefficient (Wildman–Crippen LogP) is 3.67. The lowest BCUT2D eigenvalue weighted by molar-refractivity contribution is 0.256. The van der Waals surface area contributed by atoms with Gasteiger partial charge in [0.25, 0.3) is 0 Å². The Morgan fingerprint density at radius 2 is 2.08 bits per heavy atom. The number of aryl methyl sites for hydroxylation is 1. The van der Waals surface area contributed by atoms with Gasteiger partial charge in [-0.1, -0.05) is 11.3 Å². The van der Waals surface area contributed by atoms with Gasteiger partial charge in [0.2, 0.25) is 5.89 Å². The molecule has 24 heavy (non-hydrogen) atoms. The van der Waals surface area contributed by atoms with Gasteiger partial charge in [-0.2, -0.15) is 5.10 Å². The second kappa shape index (κ2) is 8.60. The molecule has 0 spiro atoms. The summed E-state index contributed by atoms with van der Waals surface area (Å²) in [7, 11) is 0. The zero-order chi connectivity index (χ0) is 17.5. The molecule has 10 heteroatoms. The van der Waals surface area contributed by atoms with Gasteiger partial charge < -0.3 is 4.42 Å². The van der Waals surface area contributed by atoms with Crippen molar-refractivity contribution in [2.24, 2.45) is 10.2 Å². The van der Waals surface area contributed by atoms with E-state index in [1.807, 2.05) is 20.8 Å². The van der Waals surface area contributed by atoms with Gasteiger partial charge >= 0.3 is 6.03 Å². The third kappa shape index (κ3) is 6.13. The monoisotopic (exact) mass is 366 g/mol. The summed E-state index contributed by atoms with van der Waals surface area (Å²) in [4.78, 5) is 20.1. The van der Waals surface area contributed by atoms with Crippen LogP contribution in [-0.2, 0) is 5.75 Å². The van der Waals surface area contributed by atoms with Crippen molar-refractivity contribution in [3.8, 4) is 0 Å². The minimum absolute atomic E-state index is 0.402. The highest BCUT2D eigenvalue weighted by atomic mass is 32.2. The Labute approximate surface area is 147 Å². The number of nitrogens with zero attached hydrogens (tertiary/aromatic N) is 4. The van der Waals surface area contributed by atoms with Gasteiger partial charge in [-0.25, -0.2) is 14.8 Å². The summed E-state index contributed by atoms with van der Waals surface area (Å²) >= 11 is 2.92. The maximum Gasteiger partial charge on any atom is 0.326 e. The van der Waals surface area contributed by atoms with Crippen LogP contribution in [0.4, 0.5) is 9.93 Å². The zero-order valence-corrected chi connectivity index (χ0v) is 15.4. The topological polar surface area (TPSA) is 105 Å². The van der Waals surface area contributed by atoms with Crippen LogP contribution < -0.4 is 10.6 Å². The highest BCUT2D eigenvalue weighted by molar-refractivity contribution is 8.00. The Bertz CT molecular complexity index is 761. The average molecular weight is 366 g/mol. The van der Waals surface area contributed by atoms with E-state index in [2.05, 4.69) is 30.8 Å². The number of carbonyl (C=O) groups excluding carboxylic acids is 1. The summed E-state index contributed by atoms with van der Waals surface area (Å²) in [6, 6.07) is -0.408. The molecule has 0 bridgehead atoms. The van der Waals surface area contributed by atoms with Crippen LogP contribution in [0.3, 0.4) is 0 Å². The van der Waals surface area contributed by atoms with Crippen LogP contribution in [0.5, 0.6) is 0 Å². The van der Waals surface area contributed by atoms with Crippen LogP contribution in [0.1, 0.15) is 32.4 Å². The van der Waals surface area contributed by atoms with E-state index in [4.69, 9.17) is 4.42 Å². The minimum Gasteiger partial charge on any atom is -0.445 e. The smallest absolute Gasteiger partial charge is 0.326 e. The van der Waals surface area contributed by atoms with E-state index in [1.54, 1.807) is 31.1 Å². The van der Waals surface area contributed by atoms with Gasteiger partial charge in [-0.15, -0.1) is 16.9 Å². The summed E-state index contributed by atoms with van der Waals surface area (Å²) in [5, 5.41) is 13.5. The number of anilines is 1. The van der Waals surface area contributed by atoms with Gasteiger partial charge in [-0.3, -0.25) is 10.6 Å². The Kier molecular flexibility index (Phi) is 6.50. The number of amidine groups is 1. The number of carbonyl (C=O) groups is 1. The zero-order valence-electron chi connectivity index (χ0n) is 13.8. The standard InChI is InChI=1S/C14H18N6O2S2/c1-8(2)19-20-10(4)17-13(21)18-14-16-6-12(24-14)23-7-11-15-5-9(3)22-11/h5-6H,7H2,1-4H3,(H2,16,17,18,20,21). The lowest BCUT2D eigenvalue weighted by Crippen LogP contribution is -2.32. The molecule has 0 saturated carbocycles. The molecule has 2 amide bonds. The van der Waals surface area contributed by atoms with Gasteiger partial charge in [0, 0.05) is 5.71 Å². The fourth-order valence-corrected chi connectivity index (χ4v) is 3.20. The summed E-state index contributed by atoms with van der Waals surface area (Å²) in [6.45, 7) is 7.16. The Morgan fingerprint density at radius 3 is 2.75 bits per heavy atom. The van der Waals surface area contributed by atoms with Gasteiger partial charge in [0.15, 0.2) is 5.13 Å². The molecule has 0 unspecified atom stereocenters. The first-order valence-corrected chi connectivity index (χ1v) is 8.86. The molecule has 0 saturated heterocycles. The van der Waals surface area contributed by atoms with Crippen LogP contribution >= 0.6 is 23.1 Å². The SMILES string of the molecule is CC(C)=N/N=C(\C)NC(=O)Nc1ncc(SCc2ncc(C)o2)s1. The van der Waals surface area contributed by atoms with E-state index in [9.17, 15) is 4.79 Å². The Morgan fingerprint density at radius 1 is 1.29 bits per heavy atom. The van der Waals surface area contributed by atoms with Gasteiger partial charge in [-0.05, 0) is 27.7 Å². The lowest BCUT2D eigenvalue weighted by atomic mass is 10.5. The third-order valence-corrected chi connectivity index (χ3v) is 4.50. The van der Waals surface area contributed by atoms with Crippen molar-refractivity contribution in [3.63, 3.8) is 0 Å². The van der Waals surface area contributed by atoms with Crippen molar-refractivity contribution in [1.82, 2.24) is 15.3 Å². The minimum atomic E-state index is -0.408. The van der Waals surface area contributed by atoms with Crippen molar-refractivity contribution in [2.75, 3.05) is 5.32 Å². The van der Waals surface area contributed by atoms with E-state index >= 15 is 0 Å². The molecule has 128 valence electrons. The molecule has 2 aromatic heterocycles. The molecule has 2 rings (SSSR count). The van der Waals surface area contributed by atoms with Crippen LogP contribution in [0, 0.1) is 6.92 Å². The van der Waals surface area contributed by atoms with Crippen molar-refractivity contribution in [3.05, 3.63) is 24.0 Å². The molecule has 0 aliphatic carbocycles. The summed E-state index contributed by atoms with van der Waals surface area (Å²) in [5.74, 6) is 2.46. The van der Waals surface area contributed by atoms with Crippen molar-refractivity contribution in [2.45, 2.75) is 37.7 Å². The van der Waals surface area contributed by atoms with Crippen molar-refractivity contribution in [1.29, 1.82) is 0 Å². The van der Waals surface area contributed by atoms with E-state index in [0.29, 0.717) is 22.6 Å². The molecule has 0 aliphatic heterocycles. The first kappa shape index (κ1) is 18.1. The molecule has 0 aromatic carbocycles.